The fourth-order valence-corrected chi connectivity index (χ4v) is 7.44. The van der Waals surface area contributed by atoms with Crippen LogP contribution in [-0.4, -0.2) is 21.7 Å². The van der Waals surface area contributed by atoms with Gasteiger partial charge in [0.25, 0.3) is 5.56 Å². The number of hydrogen-bond donors (Lipinski definition) is 0. The number of benzene rings is 3. The number of aromatic nitrogens is 2. The van der Waals surface area contributed by atoms with Gasteiger partial charge in [-0.2, -0.15) is 0 Å². The summed E-state index contributed by atoms with van der Waals surface area (Å²) in [5.41, 5.74) is 3.70. The highest BCUT2D eigenvalue weighted by molar-refractivity contribution is 7.10. The molecule has 218 valence electrons. The third-order valence-electron chi connectivity index (χ3n) is 7.59. The normalized spacial score (nSPS) is 15.0. The number of halogens is 1. The smallest absolute Gasteiger partial charge is 0.338 e. The van der Waals surface area contributed by atoms with Crippen molar-refractivity contribution >= 4 is 51.3 Å². The molecule has 0 amide bonds. The lowest BCUT2D eigenvalue weighted by Gasteiger charge is -2.24. The largest absolute Gasteiger partial charge is 0.463 e. The van der Waals surface area contributed by atoms with Crippen molar-refractivity contribution in [3.05, 3.63) is 155 Å². The van der Waals surface area contributed by atoms with Crippen molar-refractivity contribution in [3.8, 4) is 0 Å². The first-order chi connectivity index (χ1) is 21.5. The van der Waals surface area contributed by atoms with Crippen molar-refractivity contribution in [2.24, 2.45) is 4.99 Å². The molecule has 0 radical (unpaired) electrons. The SMILES string of the molecule is CCOC(=O)C1=C(c2ccccc2)N=c2s/c(=C\c3cn(Cc4ccccc4F)c4ccccc34)c(=O)n2[C@@H]1c1cccs1. The van der Waals surface area contributed by atoms with Gasteiger partial charge >= 0.3 is 5.97 Å². The number of hydrogen-bond acceptors (Lipinski definition) is 6. The zero-order chi connectivity index (χ0) is 30.2. The van der Waals surface area contributed by atoms with Crippen LogP contribution in [0, 0.1) is 5.82 Å². The van der Waals surface area contributed by atoms with Crippen molar-refractivity contribution in [3.63, 3.8) is 0 Å². The number of para-hydroxylation sites is 1. The van der Waals surface area contributed by atoms with Gasteiger partial charge in [-0.25, -0.2) is 14.2 Å². The van der Waals surface area contributed by atoms with Gasteiger partial charge in [-0.1, -0.05) is 84.1 Å². The van der Waals surface area contributed by atoms with E-state index in [1.54, 1.807) is 23.6 Å². The molecule has 3 aromatic carbocycles. The van der Waals surface area contributed by atoms with Crippen molar-refractivity contribution < 1.29 is 13.9 Å². The van der Waals surface area contributed by atoms with Crippen LogP contribution in [0.15, 0.2) is 118 Å². The van der Waals surface area contributed by atoms with E-state index in [0.717, 1.165) is 26.9 Å². The maximum Gasteiger partial charge on any atom is 0.338 e. The van der Waals surface area contributed by atoms with Gasteiger partial charge in [0.15, 0.2) is 4.80 Å². The highest BCUT2D eigenvalue weighted by Gasteiger charge is 2.35. The molecule has 0 unspecified atom stereocenters. The van der Waals surface area contributed by atoms with Crippen LogP contribution in [0.25, 0.3) is 22.7 Å². The average molecular weight is 620 g/mol. The quantitative estimate of drug-likeness (QED) is 0.202. The van der Waals surface area contributed by atoms with Crippen molar-refractivity contribution in [2.75, 3.05) is 6.61 Å². The first-order valence-corrected chi connectivity index (χ1v) is 15.9. The molecule has 0 bridgehead atoms. The molecular weight excluding hydrogens is 594 g/mol. The minimum Gasteiger partial charge on any atom is -0.463 e. The molecule has 9 heteroatoms. The number of nitrogens with zero attached hydrogens (tertiary/aromatic N) is 3. The highest BCUT2D eigenvalue weighted by Crippen LogP contribution is 2.37. The topological polar surface area (TPSA) is 65.6 Å². The Hall–Kier alpha value is -4.86. The number of fused-ring (bicyclic) bond motifs is 2. The Morgan fingerprint density at radius 1 is 1.00 bits per heavy atom. The van der Waals surface area contributed by atoms with E-state index in [1.165, 1.54) is 28.7 Å². The fourth-order valence-electron chi connectivity index (χ4n) is 5.63. The Kier molecular flexibility index (Phi) is 7.41. The fraction of sp³-hybridized carbons (Fsp3) is 0.114. The van der Waals surface area contributed by atoms with Crippen LogP contribution >= 0.6 is 22.7 Å². The molecule has 3 aromatic heterocycles. The molecule has 4 heterocycles. The molecule has 0 fully saturated rings. The number of ether oxygens (including phenoxy) is 1. The maximum atomic E-state index is 14.5. The molecule has 1 aliphatic rings. The number of rotatable bonds is 7. The lowest BCUT2D eigenvalue weighted by atomic mass is 9.97. The van der Waals surface area contributed by atoms with E-state index >= 15 is 0 Å². The first kappa shape index (κ1) is 27.9. The van der Waals surface area contributed by atoms with Gasteiger partial charge in [-0.05, 0) is 36.6 Å². The van der Waals surface area contributed by atoms with Crippen LogP contribution in [-0.2, 0) is 16.1 Å². The minimum absolute atomic E-state index is 0.197. The van der Waals surface area contributed by atoms with Crippen molar-refractivity contribution in [1.29, 1.82) is 0 Å². The summed E-state index contributed by atoms with van der Waals surface area (Å²) < 4.78 is 24.2. The van der Waals surface area contributed by atoms with Gasteiger partial charge in [-0.3, -0.25) is 9.36 Å². The second-order valence-corrected chi connectivity index (χ2v) is 12.3. The summed E-state index contributed by atoms with van der Waals surface area (Å²) in [6.45, 7) is 2.31. The Bertz CT molecular complexity index is 2230. The molecule has 6 aromatic rings. The van der Waals surface area contributed by atoms with Crippen LogP contribution in [0.4, 0.5) is 4.39 Å². The van der Waals surface area contributed by atoms with Crippen LogP contribution < -0.4 is 14.9 Å². The molecule has 0 aliphatic carbocycles. The van der Waals surface area contributed by atoms with Gasteiger partial charge in [0.1, 0.15) is 11.9 Å². The Morgan fingerprint density at radius 3 is 2.55 bits per heavy atom. The van der Waals surface area contributed by atoms with E-state index in [4.69, 9.17) is 9.73 Å². The monoisotopic (exact) mass is 619 g/mol. The third-order valence-corrected chi connectivity index (χ3v) is 9.50. The Balaban J connectivity index is 1.44. The first-order valence-electron chi connectivity index (χ1n) is 14.2. The third kappa shape index (κ3) is 4.94. The molecule has 0 N–H and O–H groups in total. The van der Waals surface area contributed by atoms with E-state index in [1.807, 2.05) is 95.0 Å². The molecule has 0 saturated carbocycles. The van der Waals surface area contributed by atoms with E-state index in [2.05, 4.69) is 0 Å². The van der Waals surface area contributed by atoms with Crippen LogP contribution in [0.3, 0.4) is 0 Å². The molecule has 0 saturated heterocycles. The number of thiazole rings is 1. The number of thiophene rings is 1. The molecule has 1 atom stereocenters. The van der Waals surface area contributed by atoms with Crippen LogP contribution in [0.2, 0.25) is 0 Å². The van der Waals surface area contributed by atoms with E-state index in [9.17, 15) is 14.0 Å². The molecule has 7 rings (SSSR count). The van der Waals surface area contributed by atoms with Gasteiger partial charge in [0.05, 0.1) is 29.0 Å². The molecule has 0 spiro atoms. The summed E-state index contributed by atoms with van der Waals surface area (Å²) in [7, 11) is 0. The van der Waals surface area contributed by atoms with E-state index < -0.39 is 12.0 Å². The predicted molar refractivity (Wildman–Crippen MR) is 173 cm³/mol. The van der Waals surface area contributed by atoms with Gasteiger partial charge in [-0.15, -0.1) is 11.3 Å². The summed E-state index contributed by atoms with van der Waals surface area (Å²) in [4.78, 5) is 34.0. The van der Waals surface area contributed by atoms with Gasteiger partial charge < -0.3 is 9.30 Å². The maximum absolute atomic E-state index is 14.5. The van der Waals surface area contributed by atoms with Gasteiger partial charge in [0.2, 0.25) is 0 Å². The second-order valence-electron chi connectivity index (χ2n) is 10.3. The van der Waals surface area contributed by atoms with Crippen molar-refractivity contribution in [1.82, 2.24) is 9.13 Å². The lowest BCUT2D eigenvalue weighted by Crippen LogP contribution is -2.39. The number of carbonyl (C=O) groups is 1. The zero-order valence-corrected chi connectivity index (χ0v) is 25.3. The number of esters is 1. The Morgan fingerprint density at radius 2 is 1.77 bits per heavy atom. The molecule has 6 nitrogen and oxygen atoms in total. The molecule has 44 heavy (non-hydrogen) atoms. The van der Waals surface area contributed by atoms with E-state index in [0.29, 0.717) is 32.7 Å². The lowest BCUT2D eigenvalue weighted by molar-refractivity contribution is -0.138. The Labute approximate surface area is 260 Å². The van der Waals surface area contributed by atoms with Gasteiger partial charge in [0, 0.05) is 38.7 Å². The minimum atomic E-state index is -0.690. The summed E-state index contributed by atoms with van der Waals surface area (Å²) >= 11 is 2.76. The predicted octanol–water partition coefficient (Wildman–Crippen LogP) is 6.14. The standard InChI is InChI=1S/C35H26FN3O3S2/c1-2-42-34(41)30-31(22-11-4-3-5-12-22)37-35-39(32(30)28-17-10-18-43-28)33(40)29(44-35)19-24-21-38(27-16-9-7-14-25(24)27)20-23-13-6-8-15-26(23)36/h3-19,21,32H,2,20H2,1H3/b29-19-/t32-/m1/s1. The van der Waals surface area contributed by atoms with E-state index in [-0.39, 0.29) is 18.0 Å². The highest BCUT2D eigenvalue weighted by atomic mass is 32.1. The van der Waals surface area contributed by atoms with Crippen LogP contribution in [0.1, 0.15) is 34.5 Å². The summed E-state index contributed by atoms with van der Waals surface area (Å²) in [6.07, 6.45) is 3.82. The molecule has 1 aliphatic heterocycles. The summed E-state index contributed by atoms with van der Waals surface area (Å²) in [5, 5.41) is 2.88. The van der Waals surface area contributed by atoms with Crippen molar-refractivity contribution in [2.45, 2.75) is 19.5 Å². The van der Waals surface area contributed by atoms with Crippen LogP contribution in [0.5, 0.6) is 0 Å². The average Bonchev–Trinajstić information content (AvgIpc) is 3.77. The summed E-state index contributed by atoms with van der Waals surface area (Å²) in [6, 6.07) is 27.3. The second kappa shape index (κ2) is 11.7. The molecular formula is C35H26FN3O3S2. The summed E-state index contributed by atoms with van der Waals surface area (Å²) in [5.74, 6) is -0.765. The zero-order valence-electron chi connectivity index (χ0n) is 23.6. The number of carbonyl (C=O) groups excluding carboxylic acids is 1.